The minimum atomic E-state index is -0.427. The molecule has 0 radical (unpaired) electrons. The largest absolute Gasteiger partial charge is 0.465 e. The number of carbonyl (C=O) groups excluding carboxylic acids is 2. The van der Waals surface area contributed by atoms with E-state index in [0.29, 0.717) is 22.2 Å². The van der Waals surface area contributed by atoms with E-state index in [1.165, 1.54) is 24.4 Å². The first-order valence-corrected chi connectivity index (χ1v) is 11.5. The van der Waals surface area contributed by atoms with Crippen molar-refractivity contribution < 1.29 is 14.3 Å². The van der Waals surface area contributed by atoms with Crippen molar-refractivity contribution in [3.63, 3.8) is 0 Å². The van der Waals surface area contributed by atoms with E-state index in [4.69, 9.17) is 4.74 Å². The summed E-state index contributed by atoms with van der Waals surface area (Å²) in [7, 11) is 1.33. The molecule has 0 atom stereocenters. The maximum atomic E-state index is 12.6. The van der Waals surface area contributed by atoms with Crippen LogP contribution in [0.3, 0.4) is 0 Å². The third-order valence-electron chi connectivity index (χ3n) is 5.24. The summed E-state index contributed by atoms with van der Waals surface area (Å²) in [5, 5.41) is 12.2. The molecule has 2 aromatic carbocycles. The van der Waals surface area contributed by atoms with Gasteiger partial charge in [-0.05, 0) is 73.5 Å². The SMILES string of the molecule is COC(=O)c1ccc(NC(=O)CSc2nnc(-c3ccncc3)n2-c2ccc(C)c(C)c2)cc1. The number of rotatable bonds is 7. The van der Waals surface area contributed by atoms with Gasteiger partial charge in [-0.2, -0.15) is 0 Å². The maximum Gasteiger partial charge on any atom is 0.337 e. The normalized spacial score (nSPS) is 10.7. The van der Waals surface area contributed by atoms with E-state index in [0.717, 1.165) is 16.8 Å². The first-order chi connectivity index (χ1) is 16.5. The second kappa shape index (κ2) is 10.3. The van der Waals surface area contributed by atoms with Crippen molar-refractivity contribution in [1.82, 2.24) is 19.7 Å². The Bertz CT molecular complexity index is 1320. The van der Waals surface area contributed by atoms with E-state index in [1.807, 2.05) is 22.8 Å². The third-order valence-corrected chi connectivity index (χ3v) is 6.17. The summed E-state index contributed by atoms with van der Waals surface area (Å²) in [5.41, 5.74) is 5.14. The van der Waals surface area contributed by atoms with Gasteiger partial charge in [0.1, 0.15) is 0 Å². The Balaban J connectivity index is 1.55. The van der Waals surface area contributed by atoms with Crippen molar-refractivity contribution in [1.29, 1.82) is 0 Å². The summed E-state index contributed by atoms with van der Waals surface area (Å²) in [5.74, 6) is 0.185. The lowest BCUT2D eigenvalue weighted by atomic mass is 10.1. The van der Waals surface area contributed by atoms with Crippen LogP contribution in [0.5, 0.6) is 0 Å². The van der Waals surface area contributed by atoms with Gasteiger partial charge >= 0.3 is 5.97 Å². The van der Waals surface area contributed by atoms with Gasteiger partial charge in [0.2, 0.25) is 5.91 Å². The lowest BCUT2D eigenvalue weighted by Crippen LogP contribution is -2.14. The number of nitrogens with zero attached hydrogens (tertiary/aromatic N) is 4. The number of aryl methyl sites for hydroxylation is 2. The fourth-order valence-corrected chi connectivity index (χ4v) is 4.04. The van der Waals surface area contributed by atoms with E-state index in [-0.39, 0.29) is 11.7 Å². The predicted octanol–water partition coefficient (Wildman–Crippen LogP) is 4.46. The zero-order chi connectivity index (χ0) is 24.1. The fraction of sp³-hybridized carbons (Fsp3) is 0.160. The van der Waals surface area contributed by atoms with Crippen LogP contribution in [0.2, 0.25) is 0 Å². The highest BCUT2D eigenvalue weighted by Gasteiger charge is 2.18. The van der Waals surface area contributed by atoms with Gasteiger partial charge in [0.25, 0.3) is 0 Å². The number of benzene rings is 2. The van der Waals surface area contributed by atoms with Crippen molar-refractivity contribution in [2.75, 3.05) is 18.2 Å². The molecule has 34 heavy (non-hydrogen) atoms. The second-order valence-electron chi connectivity index (χ2n) is 7.55. The van der Waals surface area contributed by atoms with Gasteiger partial charge in [-0.15, -0.1) is 10.2 Å². The molecular formula is C25H23N5O3S. The Hall–Kier alpha value is -3.98. The molecule has 0 saturated heterocycles. The lowest BCUT2D eigenvalue weighted by Gasteiger charge is -2.12. The predicted molar refractivity (Wildman–Crippen MR) is 131 cm³/mol. The standard InChI is InChI=1S/C25H23N5O3S/c1-16-4-9-21(14-17(16)2)30-23(18-10-12-26-13-11-18)28-29-25(30)34-15-22(31)27-20-7-5-19(6-8-20)24(32)33-3/h4-14H,15H2,1-3H3,(H,27,31). The van der Waals surface area contributed by atoms with Gasteiger partial charge in [-0.1, -0.05) is 17.8 Å². The van der Waals surface area contributed by atoms with Crippen molar-refractivity contribution in [2.45, 2.75) is 19.0 Å². The fourth-order valence-electron chi connectivity index (χ4n) is 3.28. The monoisotopic (exact) mass is 473 g/mol. The summed E-state index contributed by atoms with van der Waals surface area (Å²) in [4.78, 5) is 28.2. The molecule has 4 aromatic rings. The maximum absolute atomic E-state index is 12.6. The minimum absolute atomic E-state index is 0.137. The number of pyridine rings is 1. The molecule has 0 aliphatic heterocycles. The summed E-state index contributed by atoms with van der Waals surface area (Å²) < 4.78 is 6.64. The molecule has 9 heteroatoms. The number of aromatic nitrogens is 4. The van der Waals surface area contributed by atoms with Crippen LogP contribution < -0.4 is 5.32 Å². The Morgan fingerprint density at radius 1 is 0.971 bits per heavy atom. The molecule has 0 aliphatic rings. The van der Waals surface area contributed by atoms with Crippen LogP contribution in [-0.2, 0) is 9.53 Å². The quantitative estimate of drug-likeness (QED) is 0.312. The smallest absolute Gasteiger partial charge is 0.337 e. The van der Waals surface area contributed by atoms with E-state index < -0.39 is 5.97 Å². The molecule has 0 saturated carbocycles. The van der Waals surface area contributed by atoms with Crippen LogP contribution in [0.4, 0.5) is 5.69 Å². The lowest BCUT2D eigenvalue weighted by molar-refractivity contribution is -0.113. The van der Waals surface area contributed by atoms with Crippen LogP contribution in [0.15, 0.2) is 72.1 Å². The molecule has 172 valence electrons. The van der Waals surface area contributed by atoms with Gasteiger partial charge < -0.3 is 10.1 Å². The van der Waals surface area contributed by atoms with Gasteiger partial charge in [-0.3, -0.25) is 14.3 Å². The number of anilines is 1. The number of nitrogens with one attached hydrogen (secondary N) is 1. The van der Waals surface area contributed by atoms with Crippen molar-refractivity contribution >= 4 is 29.3 Å². The molecule has 0 bridgehead atoms. The first-order valence-electron chi connectivity index (χ1n) is 10.5. The molecule has 0 fully saturated rings. The topological polar surface area (TPSA) is 99.0 Å². The molecule has 0 unspecified atom stereocenters. The first kappa shape index (κ1) is 23.2. The van der Waals surface area contributed by atoms with E-state index in [9.17, 15) is 9.59 Å². The number of esters is 1. The number of amides is 1. The van der Waals surface area contributed by atoms with Crippen molar-refractivity contribution in [3.05, 3.63) is 83.7 Å². The van der Waals surface area contributed by atoms with Crippen LogP contribution in [0.25, 0.3) is 17.1 Å². The number of hydrogen-bond acceptors (Lipinski definition) is 7. The summed E-state index contributed by atoms with van der Waals surface area (Å²) in [6, 6.07) is 16.4. The second-order valence-corrected chi connectivity index (χ2v) is 8.49. The number of thioether (sulfide) groups is 1. The average Bonchev–Trinajstić information content (AvgIpc) is 3.29. The zero-order valence-electron chi connectivity index (χ0n) is 19.0. The highest BCUT2D eigenvalue weighted by Crippen LogP contribution is 2.28. The van der Waals surface area contributed by atoms with Crippen LogP contribution >= 0.6 is 11.8 Å². The van der Waals surface area contributed by atoms with Gasteiger partial charge in [0, 0.05) is 23.6 Å². The number of carbonyl (C=O) groups is 2. The highest BCUT2D eigenvalue weighted by molar-refractivity contribution is 7.99. The van der Waals surface area contributed by atoms with E-state index in [2.05, 4.69) is 46.5 Å². The molecule has 0 aliphatic carbocycles. The van der Waals surface area contributed by atoms with Gasteiger partial charge in [-0.25, -0.2) is 4.79 Å². The summed E-state index contributed by atoms with van der Waals surface area (Å²) in [6.45, 7) is 4.12. The van der Waals surface area contributed by atoms with Crippen molar-refractivity contribution in [3.8, 4) is 17.1 Å². The van der Waals surface area contributed by atoms with Crippen LogP contribution in [-0.4, -0.2) is 44.5 Å². The molecule has 1 amide bonds. The van der Waals surface area contributed by atoms with Crippen molar-refractivity contribution in [2.24, 2.45) is 0 Å². The van der Waals surface area contributed by atoms with Gasteiger partial charge in [0.15, 0.2) is 11.0 Å². The molecular weight excluding hydrogens is 450 g/mol. The van der Waals surface area contributed by atoms with E-state index in [1.54, 1.807) is 36.7 Å². The Morgan fingerprint density at radius 3 is 2.38 bits per heavy atom. The summed E-state index contributed by atoms with van der Waals surface area (Å²) in [6.07, 6.45) is 3.42. The van der Waals surface area contributed by atoms with E-state index >= 15 is 0 Å². The molecule has 2 aromatic heterocycles. The van der Waals surface area contributed by atoms with Crippen LogP contribution in [0, 0.1) is 13.8 Å². The molecule has 0 spiro atoms. The highest BCUT2D eigenvalue weighted by atomic mass is 32.2. The molecule has 1 N–H and O–H groups in total. The Kier molecular flexibility index (Phi) is 7.03. The minimum Gasteiger partial charge on any atom is -0.465 e. The summed E-state index contributed by atoms with van der Waals surface area (Å²) >= 11 is 1.29. The third kappa shape index (κ3) is 5.15. The Labute approximate surface area is 201 Å². The Morgan fingerprint density at radius 2 is 1.71 bits per heavy atom. The average molecular weight is 474 g/mol. The molecule has 4 rings (SSSR count). The number of methoxy groups -OCH3 is 1. The molecule has 2 heterocycles. The number of hydrogen-bond donors (Lipinski definition) is 1. The zero-order valence-corrected chi connectivity index (χ0v) is 19.8. The van der Waals surface area contributed by atoms with Crippen LogP contribution in [0.1, 0.15) is 21.5 Å². The molecule has 8 nitrogen and oxygen atoms in total. The number of ether oxygens (including phenoxy) is 1. The van der Waals surface area contributed by atoms with Gasteiger partial charge in [0.05, 0.1) is 24.1 Å².